The van der Waals surface area contributed by atoms with Crippen molar-refractivity contribution in [2.45, 2.75) is 45.1 Å². The number of benzene rings is 1. The van der Waals surface area contributed by atoms with Gasteiger partial charge in [0, 0.05) is 11.6 Å². The number of carbonyl (C=O) groups is 2. The molecular formula is C16H22ClFN2O3. The molecule has 0 saturated heterocycles. The van der Waals surface area contributed by atoms with Crippen LogP contribution in [0.4, 0.5) is 10.1 Å². The molecule has 1 aromatic carbocycles. The van der Waals surface area contributed by atoms with E-state index in [0.717, 1.165) is 18.9 Å². The number of carbonyl (C=O) groups excluding carboxylic acids is 2. The van der Waals surface area contributed by atoms with Crippen LogP contribution in [0.15, 0.2) is 18.2 Å². The van der Waals surface area contributed by atoms with Crippen LogP contribution in [-0.4, -0.2) is 29.1 Å². The maximum Gasteiger partial charge on any atom is 0.313 e. The van der Waals surface area contributed by atoms with Crippen LogP contribution in [0.5, 0.6) is 0 Å². The standard InChI is InChI=1S/C16H22ClFN2O3/c1-3-7-16(23,8-4-2)10-19-14(21)15(22)20-13-9-11(17)5-6-12(13)18/h5-6,9,23H,3-4,7-8,10H2,1-2H3,(H,19,21)(H,20,22). The van der Waals surface area contributed by atoms with Crippen LogP contribution >= 0.6 is 11.6 Å². The molecule has 0 bridgehead atoms. The second kappa shape index (κ2) is 8.84. The molecule has 0 fully saturated rings. The lowest BCUT2D eigenvalue weighted by atomic mass is 9.92. The van der Waals surface area contributed by atoms with E-state index in [-0.39, 0.29) is 17.3 Å². The molecule has 3 N–H and O–H groups in total. The smallest absolute Gasteiger partial charge is 0.313 e. The van der Waals surface area contributed by atoms with Crippen molar-refractivity contribution in [1.82, 2.24) is 5.32 Å². The van der Waals surface area contributed by atoms with Gasteiger partial charge in [-0.3, -0.25) is 9.59 Å². The predicted molar refractivity (Wildman–Crippen MR) is 87.8 cm³/mol. The highest BCUT2D eigenvalue weighted by molar-refractivity contribution is 6.39. The van der Waals surface area contributed by atoms with Crippen molar-refractivity contribution in [3.63, 3.8) is 0 Å². The minimum atomic E-state index is -1.04. The Balaban J connectivity index is 2.63. The molecule has 7 heteroatoms. The quantitative estimate of drug-likeness (QED) is 0.665. The van der Waals surface area contributed by atoms with Gasteiger partial charge in [-0.05, 0) is 31.0 Å². The van der Waals surface area contributed by atoms with Crippen molar-refractivity contribution >= 4 is 29.1 Å². The molecule has 0 aliphatic rings. The third-order valence-corrected chi connectivity index (χ3v) is 3.63. The first kappa shape index (κ1) is 19.4. The first-order valence-electron chi connectivity index (χ1n) is 7.58. The minimum absolute atomic E-state index is 0.0288. The number of nitrogens with one attached hydrogen (secondary N) is 2. The summed E-state index contributed by atoms with van der Waals surface area (Å²) in [5.41, 5.74) is -1.21. The van der Waals surface area contributed by atoms with E-state index in [1.807, 2.05) is 13.8 Å². The monoisotopic (exact) mass is 344 g/mol. The molecule has 0 unspecified atom stereocenters. The molecule has 0 aromatic heterocycles. The molecule has 0 aliphatic heterocycles. The van der Waals surface area contributed by atoms with E-state index in [1.54, 1.807) is 0 Å². The van der Waals surface area contributed by atoms with E-state index in [0.29, 0.717) is 12.8 Å². The summed E-state index contributed by atoms with van der Waals surface area (Å²) in [6, 6.07) is 3.64. The Kier molecular flexibility index (Phi) is 7.45. The van der Waals surface area contributed by atoms with Crippen molar-refractivity contribution in [3.8, 4) is 0 Å². The van der Waals surface area contributed by atoms with Crippen molar-refractivity contribution in [2.75, 3.05) is 11.9 Å². The first-order valence-corrected chi connectivity index (χ1v) is 7.95. The number of rotatable bonds is 7. The maximum atomic E-state index is 13.5. The van der Waals surface area contributed by atoms with Crippen LogP contribution in [0, 0.1) is 5.82 Å². The Labute approximate surface area is 140 Å². The van der Waals surface area contributed by atoms with E-state index in [4.69, 9.17) is 11.6 Å². The molecule has 0 atom stereocenters. The maximum absolute atomic E-state index is 13.5. The molecule has 23 heavy (non-hydrogen) atoms. The first-order chi connectivity index (χ1) is 10.8. The third-order valence-electron chi connectivity index (χ3n) is 3.39. The number of aliphatic hydroxyl groups is 1. The Morgan fingerprint density at radius 2 is 1.83 bits per heavy atom. The second-order valence-electron chi connectivity index (χ2n) is 5.49. The number of amides is 2. The molecule has 0 heterocycles. The Hall–Kier alpha value is -1.66. The summed E-state index contributed by atoms with van der Waals surface area (Å²) in [5.74, 6) is -2.64. The summed E-state index contributed by atoms with van der Waals surface area (Å²) in [7, 11) is 0. The van der Waals surface area contributed by atoms with Crippen LogP contribution < -0.4 is 10.6 Å². The van der Waals surface area contributed by atoms with E-state index in [2.05, 4.69) is 10.6 Å². The van der Waals surface area contributed by atoms with Gasteiger partial charge in [-0.15, -0.1) is 0 Å². The fraction of sp³-hybridized carbons (Fsp3) is 0.500. The Morgan fingerprint density at radius 3 is 2.39 bits per heavy atom. The summed E-state index contributed by atoms with van der Waals surface area (Å²) < 4.78 is 13.5. The van der Waals surface area contributed by atoms with Gasteiger partial charge < -0.3 is 15.7 Å². The summed E-state index contributed by atoms with van der Waals surface area (Å²) in [6.45, 7) is 3.83. The SMILES string of the molecule is CCCC(O)(CCC)CNC(=O)C(=O)Nc1cc(Cl)ccc1F. The van der Waals surface area contributed by atoms with Crippen LogP contribution in [0.2, 0.25) is 5.02 Å². The van der Waals surface area contributed by atoms with Crippen LogP contribution in [0.3, 0.4) is 0 Å². The van der Waals surface area contributed by atoms with Crippen molar-refractivity contribution in [3.05, 3.63) is 29.0 Å². The van der Waals surface area contributed by atoms with Crippen molar-refractivity contribution in [1.29, 1.82) is 0 Å². The van der Waals surface area contributed by atoms with Crippen LogP contribution in [0.25, 0.3) is 0 Å². The average Bonchev–Trinajstić information content (AvgIpc) is 2.49. The lowest BCUT2D eigenvalue weighted by Gasteiger charge is -2.27. The summed E-state index contributed by atoms with van der Waals surface area (Å²) in [6.07, 6.45) is 2.55. The lowest BCUT2D eigenvalue weighted by Crippen LogP contribution is -2.46. The second-order valence-corrected chi connectivity index (χ2v) is 5.92. The van der Waals surface area contributed by atoms with E-state index in [1.165, 1.54) is 12.1 Å². The van der Waals surface area contributed by atoms with Gasteiger partial charge in [0.2, 0.25) is 0 Å². The number of hydrogen-bond donors (Lipinski definition) is 3. The van der Waals surface area contributed by atoms with Gasteiger partial charge in [-0.1, -0.05) is 38.3 Å². The predicted octanol–water partition coefficient (Wildman–Crippen LogP) is 2.87. The Bertz CT molecular complexity index is 560. The average molecular weight is 345 g/mol. The topological polar surface area (TPSA) is 78.4 Å². The van der Waals surface area contributed by atoms with Gasteiger partial charge in [-0.25, -0.2) is 4.39 Å². The zero-order valence-corrected chi connectivity index (χ0v) is 14.0. The van der Waals surface area contributed by atoms with Gasteiger partial charge >= 0.3 is 11.8 Å². The van der Waals surface area contributed by atoms with Crippen LogP contribution in [0.1, 0.15) is 39.5 Å². The number of hydrogen-bond acceptors (Lipinski definition) is 3. The summed E-state index contributed by atoms with van der Waals surface area (Å²) in [5, 5.41) is 15.2. The molecule has 0 saturated carbocycles. The summed E-state index contributed by atoms with van der Waals surface area (Å²) >= 11 is 5.72. The van der Waals surface area contributed by atoms with Crippen molar-refractivity contribution in [2.24, 2.45) is 0 Å². The van der Waals surface area contributed by atoms with E-state index < -0.39 is 23.2 Å². The highest BCUT2D eigenvalue weighted by Crippen LogP contribution is 2.20. The zero-order chi connectivity index (χ0) is 17.5. The molecule has 128 valence electrons. The molecule has 0 aliphatic carbocycles. The molecule has 0 spiro atoms. The molecule has 1 aromatic rings. The molecule has 2 amide bonds. The minimum Gasteiger partial charge on any atom is -0.388 e. The lowest BCUT2D eigenvalue weighted by molar-refractivity contribution is -0.137. The largest absolute Gasteiger partial charge is 0.388 e. The summed E-state index contributed by atoms with van der Waals surface area (Å²) in [4.78, 5) is 23.6. The van der Waals surface area contributed by atoms with Gasteiger partial charge in [0.25, 0.3) is 0 Å². The third kappa shape index (κ3) is 6.15. The fourth-order valence-electron chi connectivity index (χ4n) is 2.33. The Morgan fingerprint density at radius 1 is 1.22 bits per heavy atom. The van der Waals surface area contributed by atoms with Gasteiger partial charge in [0.1, 0.15) is 5.82 Å². The number of anilines is 1. The molecule has 0 radical (unpaired) electrons. The highest BCUT2D eigenvalue weighted by atomic mass is 35.5. The normalized spacial score (nSPS) is 11.2. The van der Waals surface area contributed by atoms with E-state index in [9.17, 15) is 19.1 Å². The number of halogens is 2. The van der Waals surface area contributed by atoms with E-state index >= 15 is 0 Å². The van der Waals surface area contributed by atoms with Crippen LogP contribution in [-0.2, 0) is 9.59 Å². The van der Waals surface area contributed by atoms with Gasteiger partial charge in [-0.2, -0.15) is 0 Å². The van der Waals surface area contributed by atoms with Crippen molar-refractivity contribution < 1.29 is 19.1 Å². The van der Waals surface area contributed by atoms with Gasteiger partial charge in [0.05, 0.1) is 11.3 Å². The molecular weight excluding hydrogens is 323 g/mol. The highest BCUT2D eigenvalue weighted by Gasteiger charge is 2.27. The molecule has 1 rings (SSSR count). The zero-order valence-electron chi connectivity index (χ0n) is 13.3. The molecule has 5 nitrogen and oxygen atoms in total. The fourth-order valence-corrected chi connectivity index (χ4v) is 2.50. The van der Waals surface area contributed by atoms with Gasteiger partial charge in [0.15, 0.2) is 0 Å².